The van der Waals surface area contributed by atoms with Crippen LogP contribution in [-0.4, -0.2) is 31.5 Å². The summed E-state index contributed by atoms with van der Waals surface area (Å²) >= 11 is 5.47. The lowest BCUT2D eigenvalue weighted by Gasteiger charge is -2.16. The van der Waals surface area contributed by atoms with Crippen LogP contribution in [0.3, 0.4) is 0 Å². The molecule has 0 aromatic rings. The van der Waals surface area contributed by atoms with Crippen LogP contribution in [0.25, 0.3) is 0 Å². The highest BCUT2D eigenvalue weighted by Crippen LogP contribution is 1.94. The summed E-state index contributed by atoms with van der Waals surface area (Å²) in [5, 5.41) is 0. The molecule has 0 fully saturated rings. The van der Waals surface area contributed by atoms with E-state index in [1.165, 1.54) is 0 Å². The van der Waals surface area contributed by atoms with E-state index in [1.54, 1.807) is 0 Å². The summed E-state index contributed by atoms with van der Waals surface area (Å²) in [5.74, 6) is 0.719. The number of nitrogens with zero attached hydrogens (tertiary/aromatic N) is 1. The first-order valence-electron chi connectivity index (χ1n) is 3.11. The molecule has 0 spiro atoms. The van der Waals surface area contributed by atoms with Crippen LogP contribution in [0.5, 0.6) is 0 Å². The van der Waals surface area contributed by atoms with Crippen molar-refractivity contribution in [2.45, 2.75) is 6.42 Å². The Hall–Kier alpha value is -0.0100. The van der Waals surface area contributed by atoms with Crippen molar-refractivity contribution < 1.29 is 4.48 Å². The van der Waals surface area contributed by atoms with Gasteiger partial charge in [0.2, 0.25) is 0 Å². The third-order valence-electron chi connectivity index (χ3n) is 0.828. The largest absolute Gasteiger partial charge is 0.305 e. The van der Waals surface area contributed by atoms with Crippen molar-refractivity contribution in [1.29, 1.82) is 0 Å². The number of alkyl halides is 1. The average Bonchev–Trinajstić information content (AvgIpc) is 1.63. The molecule has 9 heavy (non-hydrogen) atoms. The highest BCUT2D eigenvalue weighted by molar-refractivity contribution is 6.17. The van der Waals surface area contributed by atoms with Crippen molar-refractivity contribution in [3.8, 4) is 0 Å². The van der Waals surface area contributed by atoms with E-state index in [1.807, 2.05) is 0 Å². The van der Waals surface area contributed by atoms with Gasteiger partial charge in [-0.05, 0) is 12.5 Å². The Morgan fingerprint density at radius 3 is 2.22 bits per heavy atom. The standard InChI is InChI=1S/C7H15ClN/c1-9(2,3)7-5-4-6-8/h5,7H,4,6H2,1-3H3/q+1. The van der Waals surface area contributed by atoms with Crippen LogP contribution >= 0.6 is 11.6 Å². The van der Waals surface area contributed by atoms with Crippen molar-refractivity contribution in [1.82, 2.24) is 0 Å². The first-order chi connectivity index (χ1) is 4.06. The Kier molecular flexibility index (Phi) is 3.91. The molecule has 0 rings (SSSR count). The fourth-order valence-corrected chi connectivity index (χ4v) is 0.580. The maximum atomic E-state index is 5.47. The second-order valence-electron chi connectivity index (χ2n) is 2.98. The zero-order valence-corrected chi connectivity index (χ0v) is 7.15. The van der Waals surface area contributed by atoms with Gasteiger partial charge in [-0.15, -0.1) is 11.6 Å². The third kappa shape index (κ3) is 7.99. The summed E-state index contributed by atoms with van der Waals surface area (Å²) in [4.78, 5) is 0. The van der Waals surface area contributed by atoms with E-state index in [2.05, 4.69) is 33.4 Å². The Morgan fingerprint density at radius 1 is 1.33 bits per heavy atom. The lowest BCUT2D eigenvalue weighted by Crippen LogP contribution is -2.26. The predicted octanol–water partition coefficient (Wildman–Crippen LogP) is 1.84. The summed E-state index contributed by atoms with van der Waals surface area (Å²) in [7, 11) is 6.35. The van der Waals surface area contributed by atoms with Crippen molar-refractivity contribution in [2.75, 3.05) is 27.0 Å². The maximum absolute atomic E-state index is 5.47. The lowest BCUT2D eigenvalue weighted by molar-refractivity contribution is -0.817. The molecule has 0 heterocycles. The van der Waals surface area contributed by atoms with Gasteiger partial charge in [-0.25, -0.2) is 0 Å². The van der Waals surface area contributed by atoms with Crippen molar-refractivity contribution in [3.63, 3.8) is 0 Å². The van der Waals surface area contributed by atoms with E-state index in [0.29, 0.717) is 0 Å². The van der Waals surface area contributed by atoms with Gasteiger partial charge in [0.1, 0.15) is 0 Å². The monoisotopic (exact) mass is 148 g/mol. The van der Waals surface area contributed by atoms with Crippen molar-refractivity contribution in [2.24, 2.45) is 0 Å². The third-order valence-corrected chi connectivity index (χ3v) is 1.05. The fraction of sp³-hybridized carbons (Fsp3) is 0.714. The minimum atomic E-state index is 0.719. The predicted molar refractivity (Wildman–Crippen MR) is 42.5 cm³/mol. The minimum Gasteiger partial charge on any atom is -0.305 e. The lowest BCUT2D eigenvalue weighted by atomic mass is 10.4. The molecule has 0 N–H and O–H groups in total. The molecule has 54 valence electrons. The molecule has 1 nitrogen and oxygen atoms in total. The van der Waals surface area contributed by atoms with Crippen LogP contribution in [0, 0.1) is 0 Å². The summed E-state index contributed by atoms with van der Waals surface area (Å²) < 4.78 is 0.872. The quantitative estimate of drug-likeness (QED) is 0.423. The molecule has 0 aromatic carbocycles. The molecule has 0 bridgehead atoms. The highest BCUT2D eigenvalue weighted by atomic mass is 35.5. The van der Waals surface area contributed by atoms with Gasteiger partial charge in [0.05, 0.1) is 27.3 Å². The van der Waals surface area contributed by atoms with E-state index < -0.39 is 0 Å². The van der Waals surface area contributed by atoms with E-state index in [0.717, 1.165) is 16.8 Å². The Labute approximate surface area is 62.5 Å². The van der Waals surface area contributed by atoms with E-state index in [4.69, 9.17) is 11.6 Å². The molecule has 0 aromatic heterocycles. The Bertz CT molecular complexity index is 91.6. The van der Waals surface area contributed by atoms with Crippen molar-refractivity contribution in [3.05, 3.63) is 12.3 Å². The fourth-order valence-electron chi connectivity index (χ4n) is 0.454. The van der Waals surface area contributed by atoms with Gasteiger partial charge in [-0.1, -0.05) is 0 Å². The maximum Gasteiger partial charge on any atom is 0.0912 e. The SMILES string of the molecule is C[N+](C)(C)C=CCCCl. The van der Waals surface area contributed by atoms with Gasteiger partial charge in [-0.2, -0.15) is 0 Å². The molecule has 0 aliphatic heterocycles. The summed E-state index contributed by atoms with van der Waals surface area (Å²) in [6, 6.07) is 0. The van der Waals surface area contributed by atoms with Gasteiger partial charge in [0.25, 0.3) is 0 Å². The van der Waals surface area contributed by atoms with Crippen LogP contribution < -0.4 is 0 Å². The number of halogens is 1. The number of quaternary nitrogens is 1. The summed E-state index contributed by atoms with van der Waals surface area (Å²) in [6.07, 6.45) is 5.20. The molecule has 0 aliphatic rings. The molecule has 0 saturated carbocycles. The molecule has 0 amide bonds. The molecule has 2 heteroatoms. The Morgan fingerprint density at radius 2 is 1.89 bits per heavy atom. The van der Waals surface area contributed by atoms with Crippen LogP contribution in [0.4, 0.5) is 0 Å². The molecular weight excluding hydrogens is 134 g/mol. The second-order valence-corrected chi connectivity index (χ2v) is 3.36. The van der Waals surface area contributed by atoms with Crippen LogP contribution in [0.1, 0.15) is 6.42 Å². The topological polar surface area (TPSA) is 0 Å². The van der Waals surface area contributed by atoms with E-state index in [-0.39, 0.29) is 0 Å². The summed E-state index contributed by atoms with van der Waals surface area (Å²) in [6.45, 7) is 0. The zero-order valence-electron chi connectivity index (χ0n) is 6.39. The van der Waals surface area contributed by atoms with Gasteiger partial charge < -0.3 is 4.48 Å². The van der Waals surface area contributed by atoms with Gasteiger partial charge in [-0.3, -0.25) is 0 Å². The molecule has 0 atom stereocenters. The highest BCUT2D eigenvalue weighted by Gasteiger charge is 1.97. The molecular formula is C7H15ClN+. The van der Waals surface area contributed by atoms with Crippen molar-refractivity contribution >= 4 is 11.6 Å². The average molecular weight is 149 g/mol. The smallest absolute Gasteiger partial charge is 0.0912 e. The normalized spacial score (nSPS) is 12.9. The first kappa shape index (κ1) is 8.99. The Balaban J connectivity index is 3.45. The molecule has 0 radical (unpaired) electrons. The molecule has 0 saturated heterocycles. The van der Waals surface area contributed by atoms with Gasteiger partial charge in [0.15, 0.2) is 0 Å². The number of allylic oxidation sites excluding steroid dienone is 1. The zero-order chi connectivity index (χ0) is 7.33. The van der Waals surface area contributed by atoms with Crippen LogP contribution in [0.2, 0.25) is 0 Å². The number of hydrogen-bond acceptors (Lipinski definition) is 0. The van der Waals surface area contributed by atoms with Gasteiger partial charge >= 0.3 is 0 Å². The summed E-state index contributed by atoms with van der Waals surface area (Å²) in [5.41, 5.74) is 0. The van der Waals surface area contributed by atoms with E-state index >= 15 is 0 Å². The van der Waals surface area contributed by atoms with Crippen LogP contribution in [0.15, 0.2) is 12.3 Å². The van der Waals surface area contributed by atoms with Crippen LogP contribution in [-0.2, 0) is 0 Å². The van der Waals surface area contributed by atoms with E-state index in [9.17, 15) is 0 Å². The number of rotatable bonds is 3. The molecule has 0 unspecified atom stereocenters. The van der Waals surface area contributed by atoms with Gasteiger partial charge in [0, 0.05) is 5.88 Å². The second kappa shape index (κ2) is 3.91. The minimum absolute atomic E-state index is 0.719. The first-order valence-corrected chi connectivity index (χ1v) is 3.64. The molecule has 0 aliphatic carbocycles. The number of hydrogen-bond donors (Lipinski definition) is 0.